The highest BCUT2D eigenvalue weighted by molar-refractivity contribution is 6.19. The summed E-state index contributed by atoms with van der Waals surface area (Å²) in [6.45, 7) is 4.74. The minimum absolute atomic E-state index is 0.122. The molecule has 10 aromatic carbocycles. The van der Waals surface area contributed by atoms with Crippen molar-refractivity contribution in [3.05, 3.63) is 258 Å². The fourth-order valence-electron chi connectivity index (χ4n) is 11.7. The second-order valence-electron chi connectivity index (χ2n) is 18.0. The van der Waals surface area contributed by atoms with Crippen molar-refractivity contribution in [3.8, 4) is 55.6 Å². The van der Waals surface area contributed by atoms with Crippen molar-refractivity contribution in [2.24, 2.45) is 0 Å². The SMILES string of the molecule is CC1(C)c2ccccc2-c2ccc(N(c3ccc(-c4ccc5c(c4)C(c4ccccc4)(c4ccccc4)c4ccccc4-5)cc3)c3ccc4c5c(cccc35)-c3ccccc3-4)cc21. The number of anilines is 3. The molecular formula is C62H43N. The van der Waals surface area contributed by atoms with E-state index in [1.807, 2.05) is 0 Å². The average Bonchev–Trinajstić information content (AvgIpc) is 3.92. The van der Waals surface area contributed by atoms with Gasteiger partial charge in [-0.05, 0) is 131 Å². The molecule has 0 heterocycles. The Morgan fingerprint density at radius 3 is 1.51 bits per heavy atom. The van der Waals surface area contributed by atoms with E-state index in [4.69, 9.17) is 0 Å². The lowest BCUT2D eigenvalue weighted by molar-refractivity contribution is 0.660. The van der Waals surface area contributed by atoms with Crippen molar-refractivity contribution in [3.63, 3.8) is 0 Å². The molecule has 0 bridgehead atoms. The van der Waals surface area contributed by atoms with Crippen molar-refractivity contribution in [1.82, 2.24) is 0 Å². The van der Waals surface area contributed by atoms with Gasteiger partial charge in [0, 0.05) is 22.2 Å². The molecule has 0 radical (unpaired) electrons. The van der Waals surface area contributed by atoms with E-state index in [1.54, 1.807) is 0 Å². The lowest BCUT2D eigenvalue weighted by atomic mass is 9.67. The number of fused-ring (bicyclic) bond motifs is 9. The van der Waals surface area contributed by atoms with Gasteiger partial charge in [-0.25, -0.2) is 0 Å². The highest BCUT2D eigenvalue weighted by Gasteiger charge is 2.46. The Bertz CT molecular complexity index is 3400. The van der Waals surface area contributed by atoms with Gasteiger partial charge in [0.1, 0.15) is 0 Å². The topological polar surface area (TPSA) is 3.24 Å². The zero-order valence-corrected chi connectivity index (χ0v) is 35.3. The molecule has 1 nitrogen and oxygen atoms in total. The Balaban J connectivity index is 0.982. The summed E-state index contributed by atoms with van der Waals surface area (Å²) < 4.78 is 0. The predicted octanol–water partition coefficient (Wildman–Crippen LogP) is 16.3. The fourth-order valence-corrected chi connectivity index (χ4v) is 11.7. The van der Waals surface area contributed by atoms with Gasteiger partial charge in [-0.1, -0.05) is 202 Å². The van der Waals surface area contributed by atoms with Gasteiger partial charge in [0.15, 0.2) is 0 Å². The number of nitrogens with zero attached hydrogens (tertiary/aromatic N) is 1. The number of hydrogen-bond acceptors (Lipinski definition) is 1. The van der Waals surface area contributed by atoms with Gasteiger partial charge in [-0.15, -0.1) is 0 Å². The van der Waals surface area contributed by atoms with Crippen LogP contribution >= 0.6 is 0 Å². The van der Waals surface area contributed by atoms with E-state index in [2.05, 4.69) is 243 Å². The van der Waals surface area contributed by atoms with Crippen molar-refractivity contribution in [2.45, 2.75) is 24.7 Å². The Morgan fingerprint density at radius 2 is 0.810 bits per heavy atom. The lowest BCUT2D eigenvalue weighted by Gasteiger charge is -2.34. The highest BCUT2D eigenvalue weighted by Crippen LogP contribution is 2.57. The van der Waals surface area contributed by atoms with Gasteiger partial charge >= 0.3 is 0 Å². The molecule has 1 heteroatoms. The third-order valence-corrected chi connectivity index (χ3v) is 14.5. The quantitative estimate of drug-likeness (QED) is 0.162. The maximum atomic E-state index is 2.49. The van der Waals surface area contributed by atoms with Crippen LogP contribution in [0, 0.1) is 0 Å². The zero-order chi connectivity index (χ0) is 41.9. The molecule has 0 aromatic heterocycles. The number of hydrogen-bond donors (Lipinski definition) is 0. The van der Waals surface area contributed by atoms with E-state index in [1.165, 1.54) is 105 Å². The molecule has 0 N–H and O–H groups in total. The third-order valence-electron chi connectivity index (χ3n) is 14.5. The van der Waals surface area contributed by atoms with Crippen LogP contribution in [0.5, 0.6) is 0 Å². The van der Waals surface area contributed by atoms with Crippen molar-refractivity contribution < 1.29 is 0 Å². The van der Waals surface area contributed by atoms with Crippen LogP contribution in [0.1, 0.15) is 47.2 Å². The van der Waals surface area contributed by atoms with Crippen LogP contribution in [0.2, 0.25) is 0 Å². The van der Waals surface area contributed by atoms with Crippen LogP contribution in [0.3, 0.4) is 0 Å². The standard InChI is InChI=1S/C62H43N/c1-61(2)55-26-13-11-22-48(55)50-35-33-45(39-57(50)61)63(59-37-36-53-47-21-10-9-20-46(47)52-24-15-25-54(59)60(52)53)44-31-28-40(29-32-44)41-30-34-51-49-23-12-14-27-56(49)62(58(51)38-41,42-16-5-3-6-17-42)43-18-7-4-8-19-43/h3-39H,1-2H3. The molecule has 0 amide bonds. The maximum absolute atomic E-state index is 2.49. The first kappa shape index (κ1) is 36.0. The first-order chi connectivity index (χ1) is 31.0. The van der Waals surface area contributed by atoms with E-state index >= 15 is 0 Å². The molecule has 0 aliphatic heterocycles. The summed E-state index contributed by atoms with van der Waals surface area (Å²) in [7, 11) is 0. The summed E-state index contributed by atoms with van der Waals surface area (Å²) in [4.78, 5) is 2.49. The molecule has 296 valence electrons. The van der Waals surface area contributed by atoms with Crippen LogP contribution in [-0.2, 0) is 10.8 Å². The first-order valence-corrected chi connectivity index (χ1v) is 22.2. The Morgan fingerprint density at radius 1 is 0.317 bits per heavy atom. The summed E-state index contributed by atoms with van der Waals surface area (Å²) in [6.07, 6.45) is 0. The van der Waals surface area contributed by atoms with Gasteiger partial charge in [0.05, 0.1) is 11.1 Å². The van der Waals surface area contributed by atoms with Crippen LogP contribution in [0.4, 0.5) is 17.1 Å². The molecule has 0 saturated heterocycles. The number of rotatable bonds is 6. The van der Waals surface area contributed by atoms with Gasteiger partial charge in [0.2, 0.25) is 0 Å². The fraction of sp³-hybridized carbons (Fsp3) is 0.0645. The summed E-state index contributed by atoms with van der Waals surface area (Å²) in [5, 5.41) is 2.58. The summed E-state index contributed by atoms with van der Waals surface area (Å²) in [6, 6.07) is 84.0. The molecule has 0 spiro atoms. The molecule has 0 atom stereocenters. The van der Waals surface area contributed by atoms with Crippen LogP contribution in [0.15, 0.2) is 224 Å². The van der Waals surface area contributed by atoms with Crippen LogP contribution in [-0.4, -0.2) is 0 Å². The minimum Gasteiger partial charge on any atom is -0.310 e. The first-order valence-electron chi connectivity index (χ1n) is 22.2. The monoisotopic (exact) mass is 801 g/mol. The van der Waals surface area contributed by atoms with E-state index in [9.17, 15) is 0 Å². The van der Waals surface area contributed by atoms with E-state index in [0.29, 0.717) is 0 Å². The highest BCUT2D eigenvalue weighted by atomic mass is 15.1. The second-order valence-corrected chi connectivity index (χ2v) is 18.0. The van der Waals surface area contributed by atoms with Gasteiger partial charge in [0.25, 0.3) is 0 Å². The molecular weight excluding hydrogens is 759 g/mol. The van der Waals surface area contributed by atoms with Gasteiger partial charge in [-0.3, -0.25) is 0 Å². The largest absolute Gasteiger partial charge is 0.310 e. The van der Waals surface area contributed by atoms with Crippen molar-refractivity contribution >= 4 is 27.8 Å². The van der Waals surface area contributed by atoms with Crippen LogP contribution < -0.4 is 4.90 Å². The molecule has 63 heavy (non-hydrogen) atoms. The Kier molecular flexibility index (Phi) is 7.64. The maximum Gasteiger partial charge on any atom is 0.0713 e. The van der Waals surface area contributed by atoms with E-state index < -0.39 is 5.41 Å². The molecule has 3 aliphatic rings. The zero-order valence-electron chi connectivity index (χ0n) is 35.3. The van der Waals surface area contributed by atoms with Gasteiger partial charge < -0.3 is 4.90 Å². The van der Waals surface area contributed by atoms with E-state index in [-0.39, 0.29) is 5.41 Å². The molecule has 3 aliphatic carbocycles. The van der Waals surface area contributed by atoms with Crippen molar-refractivity contribution in [2.75, 3.05) is 4.90 Å². The second kappa shape index (κ2) is 13.4. The molecule has 10 aromatic rings. The third kappa shape index (κ3) is 4.99. The van der Waals surface area contributed by atoms with Gasteiger partial charge in [-0.2, -0.15) is 0 Å². The molecule has 0 fully saturated rings. The normalized spacial score (nSPS) is 14.1. The average molecular weight is 802 g/mol. The number of benzene rings is 10. The summed E-state index contributed by atoms with van der Waals surface area (Å²) in [5.74, 6) is 0. The minimum atomic E-state index is -0.447. The predicted molar refractivity (Wildman–Crippen MR) is 263 cm³/mol. The Labute approximate surface area is 369 Å². The molecule has 0 unspecified atom stereocenters. The summed E-state index contributed by atoms with van der Waals surface area (Å²) in [5.41, 5.74) is 23.7. The lowest BCUT2D eigenvalue weighted by Crippen LogP contribution is -2.28. The van der Waals surface area contributed by atoms with Crippen molar-refractivity contribution in [1.29, 1.82) is 0 Å². The smallest absolute Gasteiger partial charge is 0.0713 e. The van der Waals surface area contributed by atoms with Crippen LogP contribution in [0.25, 0.3) is 66.4 Å². The molecule has 13 rings (SSSR count). The Hall–Kier alpha value is -7.74. The summed E-state index contributed by atoms with van der Waals surface area (Å²) >= 11 is 0. The van der Waals surface area contributed by atoms with E-state index in [0.717, 1.165) is 11.4 Å². The molecule has 0 saturated carbocycles.